The van der Waals surface area contributed by atoms with Gasteiger partial charge in [-0.3, -0.25) is 0 Å². The van der Waals surface area contributed by atoms with Crippen molar-refractivity contribution >= 4 is 0 Å². The number of phenols is 2. The largest absolute Gasteiger partial charge is 0.508 e. The van der Waals surface area contributed by atoms with E-state index in [0.29, 0.717) is 24.5 Å². The molecule has 1 fully saturated rings. The highest BCUT2D eigenvalue weighted by atomic mass is 16.5. The van der Waals surface area contributed by atoms with E-state index < -0.39 is 0 Å². The van der Waals surface area contributed by atoms with Gasteiger partial charge >= 0.3 is 0 Å². The normalized spacial score (nSPS) is 20.1. The number of hydrogen-bond donors (Lipinski definition) is 2. The molecule has 7 nitrogen and oxygen atoms in total. The molecule has 0 bridgehead atoms. The molecule has 2 aromatic rings. The van der Waals surface area contributed by atoms with Crippen molar-refractivity contribution < 1.29 is 19.5 Å². The molecule has 1 aromatic carbocycles. The Morgan fingerprint density at radius 1 is 1.35 bits per heavy atom. The van der Waals surface area contributed by atoms with Crippen LogP contribution in [-0.4, -0.2) is 52.0 Å². The van der Waals surface area contributed by atoms with Crippen LogP contribution in [0.25, 0.3) is 11.5 Å². The number of morpholine rings is 1. The van der Waals surface area contributed by atoms with E-state index >= 15 is 0 Å². The number of aromatic hydroxyl groups is 2. The number of nitrogens with zero attached hydrogens (tertiary/aromatic N) is 3. The van der Waals surface area contributed by atoms with Gasteiger partial charge in [0.05, 0.1) is 12.2 Å². The molecule has 20 heavy (non-hydrogen) atoms. The number of ether oxygens (including phenoxy) is 1. The van der Waals surface area contributed by atoms with Crippen molar-refractivity contribution in [1.82, 2.24) is 15.0 Å². The predicted octanol–water partition coefficient (Wildman–Crippen LogP) is 1.15. The maximum absolute atomic E-state index is 9.77. The van der Waals surface area contributed by atoms with Crippen LogP contribution < -0.4 is 0 Å². The minimum atomic E-state index is -0.245. The number of benzene rings is 1. The van der Waals surface area contributed by atoms with Gasteiger partial charge in [0, 0.05) is 13.1 Å². The first kappa shape index (κ1) is 12.9. The van der Waals surface area contributed by atoms with Gasteiger partial charge in [0.25, 0.3) is 5.89 Å². The third-order valence-electron chi connectivity index (χ3n) is 3.21. The van der Waals surface area contributed by atoms with Gasteiger partial charge in [-0.25, -0.2) is 0 Å². The fraction of sp³-hybridized carbons (Fsp3) is 0.385. The molecule has 2 heterocycles. The van der Waals surface area contributed by atoms with Crippen LogP contribution in [0.2, 0.25) is 0 Å². The zero-order valence-electron chi connectivity index (χ0n) is 11.0. The van der Waals surface area contributed by atoms with E-state index in [4.69, 9.17) is 9.26 Å². The standard InChI is InChI=1S/C13H15N3O4/c1-16-4-5-19-11(7-16)12-14-13(20-15-12)9-6-8(17)2-3-10(9)18/h2-3,6,11,17-18H,4-5,7H2,1H3. The number of likely N-dealkylation sites (N-methyl/N-ethyl adjacent to an activating group) is 1. The molecule has 1 aromatic heterocycles. The molecule has 0 spiro atoms. The Hall–Kier alpha value is -2.12. The smallest absolute Gasteiger partial charge is 0.261 e. The summed E-state index contributed by atoms with van der Waals surface area (Å²) < 4.78 is 10.7. The summed E-state index contributed by atoms with van der Waals surface area (Å²) in [6, 6.07) is 4.13. The minimum Gasteiger partial charge on any atom is -0.508 e. The van der Waals surface area contributed by atoms with Gasteiger partial charge in [0.15, 0.2) is 0 Å². The van der Waals surface area contributed by atoms with E-state index in [9.17, 15) is 10.2 Å². The van der Waals surface area contributed by atoms with Crippen LogP contribution in [0.5, 0.6) is 11.5 Å². The first-order chi connectivity index (χ1) is 9.63. The lowest BCUT2D eigenvalue weighted by molar-refractivity contribution is -0.0264. The van der Waals surface area contributed by atoms with Crippen molar-refractivity contribution in [2.24, 2.45) is 0 Å². The van der Waals surface area contributed by atoms with Crippen LogP contribution in [0.15, 0.2) is 22.7 Å². The maximum Gasteiger partial charge on any atom is 0.261 e. The van der Waals surface area contributed by atoms with Gasteiger partial charge in [0.2, 0.25) is 5.82 Å². The quantitative estimate of drug-likeness (QED) is 0.795. The fourth-order valence-electron chi connectivity index (χ4n) is 2.10. The van der Waals surface area contributed by atoms with Crippen molar-refractivity contribution in [3.63, 3.8) is 0 Å². The summed E-state index contributed by atoms with van der Waals surface area (Å²) in [5.41, 5.74) is 0.299. The van der Waals surface area contributed by atoms with Crippen LogP contribution in [0.3, 0.4) is 0 Å². The highest BCUT2D eigenvalue weighted by Gasteiger charge is 2.25. The second-order valence-corrected chi connectivity index (χ2v) is 4.78. The van der Waals surface area contributed by atoms with Gasteiger partial charge in [-0.15, -0.1) is 0 Å². The van der Waals surface area contributed by atoms with E-state index in [1.54, 1.807) is 0 Å². The van der Waals surface area contributed by atoms with Gasteiger partial charge in [-0.2, -0.15) is 4.98 Å². The Balaban J connectivity index is 1.88. The Morgan fingerprint density at radius 3 is 3.00 bits per heavy atom. The Morgan fingerprint density at radius 2 is 2.20 bits per heavy atom. The van der Waals surface area contributed by atoms with Crippen molar-refractivity contribution in [2.75, 3.05) is 26.7 Å². The van der Waals surface area contributed by atoms with Crippen LogP contribution in [0.1, 0.15) is 11.9 Å². The molecule has 0 amide bonds. The van der Waals surface area contributed by atoms with Crippen molar-refractivity contribution in [2.45, 2.75) is 6.10 Å². The van der Waals surface area contributed by atoms with Crippen molar-refractivity contribution in [3.05, 3.63) is 24.0 Å². The number of rotatable bonds is 2. The van der Waals surface area contributed by atoms with Crippen molar-refractivity contribution in [3.8, 4) is 23.0 Å². The van der Waals surface area contributed by atoms with Gasteiger partial charge in [0.1, 0.15) is 17.6 Å². The number of aromatic nitrogens is 2. The lowest BCUT2D eigenvalue weighted by Gasteiger charge is -2.27. The molecule has 1 unspecified atom stereocenters. The first-order valence-corrected chi connectivity index (χ1v) is 6.29. The number of phenolic OH excluding ortho intramolecular Hbond substituents is 2. The minimum absolute atomic E-state index is 0.0196. The molecule has 1 saturated heterocycles. The fourth-order valence-corrected chi connectivity index (χ4v) is 2.10. The summed E-state index contributed by atoms with van der Waals surface area (Å²) in [5.74, 6) is 0.588. The molecule has 0 aliphatic carbocycles. The first-order valence-electron chi connectivity index (χ1n) is 6.29. The Kier molecular flexibility index (Phi) is 3.29. The van der Waals surface area contributed by atoms with E-state index in [2.05, 4.69) is 15.0 Å². The lowest BCUT2D eigenvalue weighted by atomic mass is 10.2. The summed E-state index contributed by atoms with van der Waals surface area (Å²) in [6.07, 6.45) is -0.245. The van der Waals surface area contributed by atoms with Gasteiger partial charge < -0.3 is 24.4 Å². The predicted molar refractivity (Wildman–Crippen MR) is 69.3 cm³/mol. The average molecular weight is 277 g/mol. The molecule has 3 rings (SSSR count). The van der Waals surface area contributed by atoms with Gasteiger partial charge in [-0.1, -0.05) is 5.16 Å². The van der Waals surface area contributed by atoms with Crippen LogP contribution in [0, 0.1) is 0 Å². The zero-order valence-corrected chi connectivity index (χ0v) is 11.0. The third kappa shape index (κ3) is 2.45. The second kappa shape index (κ2) is 5.10. The summed E-state index contributed by atoms with van der Waals surface area (Å²) in [4.78, 5) is 6.36. The number of hydrogen-bond acceptors (Lipinski definition) is 7. The lowest BCUT2D eigenvalue weighted by Crippen LogP contribution is -2.35. The summed E-state index contributed by atoms with van der Waals surface area (Å²) in [7, 11) is 2.00. The van der Waals surface area contributed by atoms with Crippen LogP contribution >= 0.6 is 0 Å². The monoisotopic (exact) mass is 277 g/mol. The molecule has 1 atom stereocenters. The molecule has 0 radical (unpaired) electrons. The Labute approximate surface area is 115 Å². The SMILES string of the molecule is CN1CCOC(c2noc(-c3cc(O)ccc3O)n2)C1. The molecule has 106 valence electrons. The molecule has 2 N–H and O–H groups in total. The molecular formula is C13H15N3O4. The van der Waals surface area contributed by atoms with Crippen molar-refractivity contribution in [1.29, 1.82) is 0 Å². The zero-order chi connectivity index (χ0) is 14.1. The van der Waals surface area contributed by atoms with E-state index in [0.717, 1.165) is 6.54 Å². The molecule has 1 aliphatic heterocycles. The average Bonchev–Trinajstić information content (AvgIpc) is 2.91. The molecule has 1 aliphatic rings. The second-order valence-electron chi connectivity index (χ2n) is 4.78. The van der Waals surface area contributed by atoms with Crippen LogP contribution in [-0.2, 0) is 4.74 Å². The summed E-state index contributed by atoms with van der Waals surface area (Å²) >= 11 is 0. The van der Waals surface area contributed by atoms with Crippen LogP contribution in [0.4, 0.5) is 0 Å². The molecule has 7 heteroatoms. The highest BCUT2D eigenvalue weighted by molar-refractivity contribution is 5.64. The molecular weight excluding hydrogens is 262 g/mol. The maximum atomic E-state index is 9.77. The third-order valence-corrected chi connectivity index (χ3v) is 3.21. The van der Waals surface area contributed by atoms with E-state index in [1.165, 1.54) is 18.2 Å². The molecule has 0 saturated carbocycles. The summed E-state index contributed by atoms with van der Waals surface area (Å²) in [5, 5.41) is 23.1. The topological polar surface area (TPSA) is 91.9 Å². The summed E-state index contributed by atoms with van der Waals surface area (Å²) in [6.45, 7) is 2.17. The Bertz CT molecular complexity index is 613. The van der Waals surface area contributed by atoms with Gasteiger partial charge in [-0.05, 0) is 25.2 Å². The van der Waals surface area contributed by atoms with E-state index in [-0.39, 0.29) is 23.5 Å². The van der Waals surface area contributed by atoms with E-state index in [1.807, 2.05) is 7.05 Å². The highest BCUT2D eigenvalue weighted by Crippen LogP contribution is 2.32.